The minimum atomic E-state index is -0.584. The van der Waals surface area contributed by atoms with Crippen LogP contribution in [0.1, 0.15) is 47.8 Å². The van der Waals surface area contributed by atoms with Crippen LogP contribution in [0.5, 0.6) is 5.75 Å². The van der Waals surface area contributed by atoms with Crippen LogP contribution in [0.2, 0.25) is 0 Å². The summed E-state index contributed by atoms with van der Waals surface area (Å²) in [4.78, 5) is 17.6. The molecule has 8 nitrogen and oxygen atoms in total. The Morgan fingerprint density at radius 2 is 2.09 bits per heavy atom. The summed E-state index contributed by atoms with van der Waals surface area (Å²) >= 11 is 0. The van der Waals surface area contributed by atoms with Crippen LogP contribution in [0.3, 0.4) is 0 Å². The summed E-state index contributed by atoms with van der Waals surface area (Å²) in [6.07, 6.45) is 7.62. The average Bonchev–Trinajstić information content (AvgIpc) is 3.41. The number of aryl methyl sites for hydroxylation is 1. The summed E-state index contributed by atoms with van der Waals surface area (Å²) in [5.41, 5.74) is 3.60. The van der Waals surface area contributed by atoms with E-state index in [1.807, 2.05) is 28.3 Å². The van der Waals surface area contributed by atoms with Gasteiger partial charge in [-0.2, -0.15) is 0 Å². The van der Waals surface area contributed by atoms with Crippen molar-refractivity contribution < 1.29 is 13.9 Å². The number of halogens is 1. The highest BCUT2D eigenvalue weighted by atomic mass is 19.1. The van der Waals surface area contributed by atoms with Crippen LogP contribution in [0.15, 0.2) is 49.2 Å². The van der Waals surface area contributed by atoms with Crippen LogP contribution in [0.25, 0.3) is 17.1 Å². The highest BCUT2D eigenvalue weighted by Gasteiger charge is 2.26. The van der Waals surface area contributed by atoms with E-state index in [9.17, 15) is 9.18 Å². The molecule has 1 aliphatic carbocycles. The molecule has 6 rings (SSSR count). The molecule has 2 aromatic heterocycles. The van der Waals surface area contributed by atoms with Gasteiger partial charge in [0.05, 0.1) is 41.1 Å². The topological polar surface area (TPSA) is 86.9 Å². The molecule has 0 atom stereocenters. The zero-order valence-corrected chi connectivity index (χ0v) is 18.0. The average molecular weight is 461 g/mol. The second-order valence-electron chi connectivity index (χ2n) is 8.43. The molecule has 2 aromatic carbocycles. The molecule has 9 heteroatoms. The second kappa shape index (κ2) is 8.40. The van der Waals surface area contributed by atoms with E-state index in [1.54, 1.807) is 30.9 Å². The summed E-state index contributed by atoms with van der Waals surface area (Å²) in [5, 5.41) is 11.0. The Balaban J connectivity index is 0.00000241. The molecule has 0 unspecified atom stereocenters. The monoisotopic (exact) mass is 460 g/mol. The Morgan fingerprint density at radius 3 is 2.91 bits per heavy atom. The number of benzene rings is 2. The first-order valence-corrected chi connectivity index (χ1v) is 10.9. The summed E-state index contributed by atoms with van der Waals surface area (Å²) in [6, 6.07) is 8.33. The van der Waals surface area contributed by atoms with Gasteiger partial charge >= 0.3 is 0 Å². The van der Waals surface area contributed by atoms with E-state index in [0.717, 1.165) is 35.3 Å². The number of anilines is 1. The maximum absolute atomic E-state index is 14.9. The standard InChI is InChI=1S/C24H21FN6O2.CH4/c1-14-9-18(25)17(10-21(14)31-11-20(26-12-31)15-5-6-15)24(32)28-19-4-2-3-16-22(19)33-8-7-30-13-27-29-23(16)30;/h2-4,9-13,15H,5-8H2,1H3,(H,28,32);1H4. The molecule has 1 amide bonds. The minimum Gasteiger partial charge on any atom is -0.489 e. The highest BCUT2D eigenvalue weighted by Crippen LogP contribution is 2.39. The molecular weight excluding hydrogens is 435 g/mol. The Labute approximate surface area is 196 Å². The maximum atomic E-state index is 14.9. The van der Waals surface area contributed by atoms with Gasteiger partial charge in [-0.05, 0) is 49.6 Å². The molecule has 0 spiro atoms. The SMILES string of the molecule is C.Cc1cc(F)c(C(=O)Nc2cccc3c2OCCn2cnnc2-3)cc1-n1cnc(C2CC2)c1. The van der Waals surface area contributed by atoms with Crippen molar-refractivity contribution in [1.29, 1.82) is 0 Å². The number of ether oxygens (including phenoxy) is 1. The number of para-hydroxylation sites is 1. The molecule has 1 saturated carbocycles. The fourth-order valence-electron chi connectivity index (χ4n) is 4.20. The number of amides is 1. The molecule has 0 bridgehead atoms. The lowest BCUT2D eigenvalue weighted by molar-refractivity contribution is 0.102. The van der Waals surface area contributed by atoms with E-state index in [0.29, 0.717) is 36.3 Å². The van der Waals surface area contributed by atoms with Crippen molar-refractivity contribution in [3.05, 3.63) is 71.8 Å². The van der Waals surface area contributed by atoms with Crippen LogP contribution in [-0.2, 0) is 6.54 Å². The molecule has 3 heterocycles. The van der Waals surface area contributed by atoms with Crippen molar-refractivity contribution in [2.45, 2.75) is 39.7 Å². The molecule has 1 aliphatic heterocycles. The van der Waals surface area contributed by atoms with Crippen LogP contribution >= 0.6 is 0 Å². The largest absolute Gasteiger partial charge is 0.489 e. The van der Waals surface area contributed by atoms with Gasteiger partial charge < -0.3 is 19.2 Å². The van der Waals surface area contributed by atoms with E-state index in [-0.39, 0.29) is 13.0 Å². The van der Waals surface area contributed by atoms with Gasteiger partial charge in [-0.25, -0.2) is 9.37 Å². The van der Waals surface area contributed by atoms with E-state index >= 15 is 0 Å². The number of carbonyl (C=O) groups excluding carboxylic acids is 1. The van der Waals surface area contributed by atoms with Gasteiger partial charge in [-0.15, -0.1) is 10.2 Å². The van der Waals surface area contributed by atoms with Gasteiger partial charge in [0.1, 0.15) is 18.8 Å². The van der Waals surface area contributed by atoms with Crippen LogP contribution in [0.4, 0.5) is 10.1 Å². The fourth-order valence-corrected chi connectivity index (χ4v) is 4.20. The summed E-state index contributed by atoms with van der Waals surface area (Å²) < 4.78 is 24.5. The molecule has 1 fully saturated rings. The second-order valence-corrected chi connectivity index (χ2v) is 8.43. The van der Waals surface area contributed by atoms with Crippen molar-refractivity contribution in [1.82, 2.24) is 24.3 Å². The third-order valence-corrected chi connectivity index (χ3v) is 6.10. The zero-order valence-electron chi connectivity index (χ0n) is 18.0. The molecule has 1 N–H and O–H groups in total. The lowest BCUT2D eigenvalue weighted by Gasteiger charge is -2.15. The molecule has 34 heavy (non-hydrogen) atoms. The Hall–Kier alpha value is -4.01. The quantitative estimate of drug-likeness (QED) is 0.476. The summed E-state index contributed by atoms with van der Waals surface area (Å²) in [7, 11) is 0. The van der Waals surface area contributed by atoms with Crippen molar-refractivity contribution >= 4 is 11.6 Å². The smallest absolute Gasteiger partial charge is 0.258 e. The lowest BCUT2D eigenvalue weighted by atomic mass is 10.1. The molecule has 174 valence electrons. The van der Waals surface area contributed by atoms with Gasteiger partial charge in [0.15, 0.2) is 11.6 Å². The van der Waals surface area contributed by atoms with Crippen LogP contribution in [-0.4, -0.2) is 36.8 Å². The number of imidazole rings is 1. The highest BCUT2D eigenvalue weighted by molar-refractivity contribution is 6.06. The third-order valence-electron chi connectivity index (χ3n) is 6.10. The van der Waals surface area contributed by atoms with E-state index in [1.165, 1.54) is 6.07 Å². The first kappa shape index (κ1) is 21.8. The Morgan fingerprint density at radius 1 is 1.24 bits per heavy atom. The number of carbonyl (C=O) groups is 1. The van der Waals surface area contributed by atoms with Crippen molar-refractivity contribution in [2.24, 2.45) is 0 Å². The molecule has 4 aromatic rings. The Bertz CT molecular complexity index is 1390. The predicted molar refractivity (Wildman–Crippen MR) is 126 cm³/mol. The fraction of sp³-hybridized carbons (Fsp3) is 0.280. The maximum Gasteiger partial charge on any atom is 0.258 e. The third kappa shape index (κ3) is 3.72. The van der Waals surface area contributed by atoms with E-state index in [4.69, 9.17) is 4.74 Å². The molecular formula is C25H25FN6O2. The normalized spacial score (nSPS) is 14.3. The number of fused-ring (bicyclic) bond motifs is 3. The molecule has 0 saturated heterocycles. The number of rotatable bonds is 4. The number of aromatic nitrogens is 5. The van der Waals surface area contributed by atoms with Crippen molar-refractivity contribution in [2.75, 3.05) is 11.9 Å². The number of nitrogens with one attached hydrogen (secondary N) is 1. The van der Waals surface area contributed by atoms with Gasteiger partial charge in [0.2, 0.25) is 0 Å². The van der Waals surface area contributed by atoms with Crippen LogP contribution in [0, 0.1) is 12.7 Å². The van der Waals surface area contributed by atoms with E-state index < -0.39 is 11.7 Å². The van der Waals surface area contributed by atoms with Crippen LogP contribution < -0.4 is 10.1 Å². The number of nitrogens with zero attached hydrogens (tertiary/aromatic N) is 5. The van der Waals surface area contributed by atoms with Crippen molar-refractivity contribution in [3.63, 3.8) is 0 Å². The number of hydrogen-bond donors (Lipinski definition) is 1. The van der Waals surface area contributed by atoms with Gasteiger partial charge in [0, 0.05) is 12.1 Å². The molecule has 2 aliphatic rings. The van der Waals surface area contributed by atoms with Gasteiger partial charge in [0.25, 0.3) is 5.91 Å². The number of hydrogen-bond acceptors (Lipinski definition) is 5. The first-order valence-electron chi connectivity index (χ1n) is 10.9. The first-order chi connectivity index (χ1) is 16.1. The predicted octanol–water partition coefficient (Wildman–Crippen LogP) is 4.74. The summed E-state index contributed by atoms with van der Waals surface area (Å²) in [6.45, 7) is 2.81. The van der Waals surface area contributed by atoms with Crippen molar-refractivity contribution in [3.8, 4) is 22.8 Å². The lowest BCUT2D eigenvalue weighted by Crippen LogP contribution is -2.16. The minimum absolute atomic E-state index is 0. The van der Waals surface area contributed by atoms with E-state index in [2.05, 4.69) is 20.5 Å². The Kier molecular flexibility index (Phi) is 5.39. The van der Waals surface area contributed by atoms with Gasteiger partial charge in [-0.1, -0.05) is 13.5 Å². The molecule has 0 radical (unpaired) electrons. The zero-order chi connectivity index (χ0) is 22.5. The summed E-state index contributed by atoms with van der Waals surface area (Å²) in [5.74, 6) is 0.523. The van der Waals surface area contributed by atoms with Gasteiger partial charge in [-0.3, -0.25) is 4.79 Å².